The van der Waals surface area contributed by atoms with E-state index in [0.717, 1.165) is 6.54 Å². The fourth-order valence-corrected chi connectivity index (χ4v) is 1.58. The van der Waals surface area contributed by atoms with Crippen molar-refractivity contribution in [3.05, 3.63) is 18.2 Å². The maximum Gasteiger partial charge on any atom is 0.157 e. The molecular weight excluding hydrogens is 242 g/mol. The molecule has 0 aromatic carbocycles. The largest absolute Gasteiger partial charge is 0.489 e. The molecule has 96 valence electrons. The SMILES string of the molecule is CNCCOc1cnc(C(C)S(C)(=O)=O)nc1. The molecule has 0 amide bonds. The molecule has 0 aliphatic carbocycles. The molecular formula is C10H17N3O3S. The van der Waals surface area contributed by atoms with Crippen LogP contribution in [0.15, 0.2) is 12.4 Å². The minimum atomic E-state index is -3.17. The van der Waals surface area contributed by atoms with Gasteiger partial charge in [0.05, 0.1) is 12.4 Å². The molecule has 7 heteroatoms. The standard InChI is InChI=1S/C10H17N3O3S/c1-8(17(3,14)15)10-12-6-9(7-13-10)16-5-4-11-2/h6-8,11H,4-5H2,1-3H3. The van der Waals surface area contributed by atoms with Crippen LogP contribution in [0.4, 0.5) is 0 Å². The van der Waals surface area contributed by atoms with E-state index in [-0.39, 0.29) is 5.82 Å². The predicted octanol–water partition coefficient (Wildman–Crippen LogP) is 0.180. The lowest BCUT2D eigenvalue weighted by atomic mass is 10.4. The van der Waals surface area contributed by atoms with Crippen LogP contribution in [0.1, 0.15) is 18.0 Å². The van der Waals surface area contributed by atoms with Crippen LogP contribution in [0.3, 0.4) is 0 Å². The first-order valence-corrected chi connectivity index (χ1v) is 7.19. The van der Waals surface area contributed by atoms with Crippen molar-refractivity contribution >= 4 is 9.84 Å². The third kappa shape index (κ3) is 4.27. The number of sulfone groups is 1. The van der Waals surface area contributed by atoms with E-state index in [1.165, 1.54) is 18.6 Å². The summed E-state index contributed by atoms with van der Waals surface area (Å²) in [5.41, 5.74) is 0. The fraction of sp³-hybridized carbons (Fsp3) is 0.600. The minimum absolute atomic E-state index is 0.286. The lowest BCUT2D eigenvalue weighted by Gasteiger charge is -2.09. The van der Waals surface area contributed by atoms with Gasteiger partial charge < -0.3 is 10.1 Å². The Morgan fingerprint density at radius 1 is 1.41 bits per heavy atom. The Hall–Kier alpha value is -1.21. The number of likely N-dealkylation sites (N-methyl/N-ethyl adjacent to an activating group) is 1. The summed E-state index contributed by atoms with van der Waals surface area (Å²) < 4.78 is 27.9. The molecule has 0 spiro atoms. The molecule has 0 saturated heterocycles. The minimum Gasteiger partial charge on any atom is -0.489 e. The van der Waals surface area contributed by atoms with Gasteiger partial charge >= 0.3 is 0 Å². The van der Waals surface area contributed by atoms with Gasteiger partial charge in [-0.1, -0.05) is 0 Å². The van der Waals surface area contributed by atoms with E-state index < -0.39 is 15.1 Å². The van der Waals surface area contributed by atoms with Crippen molar-refractivity contribution < 1.29 is 13.2 Å². The van der Waals surface area contributed by atoms with Crippen LogP contribution in [-0.2, 0) is 9.84 Å². The number of nitrogens with one attached hydrogen (secondary N) is 1. The average Bonchev–Trinajstić information content (AvgIpc) is 2.28. The molecule has 0 bridgehead atoms. The molecule has 0 fully saturated rings. The number of hydrogen-bond donors (Lipinski definition) is 1. The van der Waals surface area contributed by atoms with Crippen molar-refractivity contribution in [2.45, 2.75) is 12.2 Å². The molecule has 1 rings (SSSR count). The molecule has 6 nitrogen and oxygen atoms in total. The Bertz CT molecular complexity index is 444. The van der Waals surface area contributed by atoms with Crippen molar-refractivity contribution in [2.75, 3.05) is 26.5 Å². The first-order valence-electron chi connectivity index (χ1n) is 5.23. The normalized spacial score (nSPS) is 13.4. The smallest absolute Gasteiger partial charge is 0.157 e. The highest BCUT2D eigenvalue weighted by Crippen LogP contribution is 2.17. The summed E-state index contributed by atoms with van der Waals surface area (Å²) >= 11 is 0. The third-order valence-electron chi connectivity index (χ3n) is 2.27. The Labute approximate surface area is 101 Å². The molecule has 1 atom stereocenters. The Balaban J connectivity index is 2.68. The zero-order chi connectivity index (χ0) is 12.9. The van der Waals surface area contributed by atoms with Crippen molar-refractivity contribution in [3.63, 3.8) is 0 Å². The Morgan fingerprint density at radius 2 is 2.00 bits per heavy atom. The second-order valence-electron chi connectivity index (χ2n) is 3.70. The highest BCUT2D eigenvalue weighted by atomic mass is 32.2. The topological polar surface area (TPSA) is 81.2 Å². The summed E-state index contributed by atoms with van der Waals surface area (Å²) in [6.45, 7) is 2.80. The van der Waals surface area contributed by atoms with Crippen LogP contribution < -0.4 is 10.1 Å². The first-order chi connectivity index (χ1) is 7.95. The second kappa shape index (κ2) is 5.92. The van der Waals surface area contributed by atoms with Crippen molar-refractivity contribution in [3.8, 4) is 5.75 Å². The Kier molecular flexibility index (Phi) is 4.83. The van der Waals surface area contributed by atoms with Crippen LogP contribution >= 0.6 is 0 Å². The number of hydrogen-bond acceptors (Lipinski definition) is 6. The molecule has 0 aliphatic heterocycles. The zero-order valence-electron chi connectivity index (χ0n) is 10.2. The summed E-state index contributed by atoms with van der Waals surface area (Å²) in [6, 6.07) is 0. The maximum atomic E-state index is 11.3. The van der Waals surface area contributed by atoms with E-state index in [0.29, 0.717) is 12.4 Å². The van der Waals surface area contributed by atoms with Gasteiger partial charge in [-0.25, -0.2) is 18.4 Å². The van der Waals surface area contributed by atoms with Gasteiger partial charge in [0, 0.05) is 12.8 Å². The van der Waals surface area contributed by atoms with Gasteiger partial charge in [0.15, 0.2) is 15.6 Å². The Morgan fingerprint density at radius 3 is 2.47 bits per heavy atom. The van der Waals surface area contributed by atoms with Crippen LogP contribution in [0.2, 0.25) is 0 Å². The van der Waals surface area contributed by atoms with Gasteiger partial charge in [-0.05, 0) is 14.0 Å². The number of ether oxygens (including phenoxy) is 1. The molecule has 1 unspecified atom stereocenters. The average molecular weight is 259 g/mol. The number of rotatable bonds is 6. The van der Waals surface area contributed by atoms with Gasteiger partial charge in [-0.3, -0.25) is 0 Å². The van der Waals surface area contributed by atoms with Gasteiger partial charge in [-0.15, -0.1) is 0 Å². The van der Waals surface area contributed by atoms with E-state index in [2.05, 4.69) is 15.3 Å². The zero-order valence-corrected chi connectivity index (χ0v) is 11.0. The summed E-state index contributed by atoms with van der Waals surface area (Å²) in [5.74, 6) is 0.818. The van der Waals surface area contributed by atoms with Gasteiger partial charge in [0.25, 0.3) is 0 Å². The summed E-state index contributed by atoms with van der Waals surface area (Å²) in [6.07, 6.45) is 4.14. The van der Waals surface area contributed by atoms with Crippen LogP contribution in [0.25, 0.3) is 0 Å². The summed E-state index contributed by atoms with van der Waals surface area (Å²) in [5, 5.41) is 2.24. The van der Waals surface area contributed by atoms with Crippen molar-refractivity contribution in [1.29, 1.82) is 0 Å². The highest BCUT2D eigenvalue weighted by molar-refractivity contribution is 7.90. The van der Waals surface area contributed by atoms with E-state index in [9.17, 15) is 8.42 Å². The molecule has 0 saturated carbocycles. The van der Waals surface area contributed by atoms with E-state index in [1.807, 2.05) is 7.05 Å². The van der Waals surface area contributed by atoms with Gasteiger partial charge in [0.1, 0.15) is 17.7 Å². The van der Waals surface area contributed by atoms with E-state index in [4.69, 9.17) is 4.74 Å². The summed E-state index contributed by atoms with van der Waals surface area (Å²) in [4.78, 5) is 7.98. The molecule has 0 aliphatic rings. The highest BCUT2D eigenvalue weighted by Gasteiger charge is 2.19. The second-order valence-corrected chi connectivity index (χ2v) is 6.07. The molecule has 1 aromatic heterocycles. The molecule has 1 aromatic rings. The quantitative estimate of drug-likeness (QED) is 0.734. The lowest BCUT2D eigenvalue weighted by molar-refractivity contribution is 0.315. The first kappa shape index (κ1) is 13.9. The van der Waals surface area contributed by atoms with Crippen LogP contribution in [0.5, 0.6) is 5.75 Å². The van der Waals surface area contributed by atoms with E-state index in [1.54, 1.807) is 6.92 Å². The van der Waals surface area contributed by atoms with E-state index >= 15 is 0 Å². The van der Waals surface area contributed by atoms with Gasteiger partial charge in [-0.2, -0.15) is 0 Å². The molecule has 1 heterocycles. The monoisotopic (exact) mass is 259 g/mol. The van der Waals surface area contributed by atoms with Crippen molar-refractivity contribution in [1.82, 2.24) is 15.3 Å². The van der Waals surface area contributed by atoms with Gasteiger partial charge in [0.2, 0.25) is 0 Å². The van der Waals surface area contributed by atoms with Crippen molar-refractivity contribution in [2.24, 2.45) is 0 Å². The number of aromatic nitrogens is 2. The number of nitrogens with zero attached hydrogens (tertiary/aromatic N) is 2. The lowest BCUT2D eigenvalue weighted by Crippen LogP contribution is -2.16. The molecule has 0 radical (unpaired) electrons. The molecule has 17 heavy (non-hydrogen) atoms. The third-order valence-corrected chi connectivity index (χ3v) is 3.77. The maximum absolute atomic E-state index is 11.3. The predicted molar refractivity (Wildman–Crippen MR) is 64.7 cm³/mol. The van der Waals surface area contributed by atoms with Crippen LogP contribution in [-0.4, -0.2) is 44.8 Å². The van der Waals surface area contributed by atoms with Crippen LogP contribution in [0, 0.1) is 0 Å². The summed E-state index contributed by atoms with van der Waals surface area (Å²) in [7, 11) is -1.34. The molecule has 1 N–H and O–H groups in total. The fourth-order valence-electron chi connectivity index (χ4n) is 1.07.